The van der Waals surface area contributed by atoms with Crippen LogP contribution in [0.25, 0.3) is 11.1 Å². The fraction of sp³-hybridized carbons (Fsp3) is 0.238. The highest BCUT2D eigenvalue weighted by molar-refractivity contribution is 5.96. The highest BCUT2D eigenvalue weighted by Crippen LogP contribution is 2.24. The van der Waals surface area contributed by atoms with Gasteiger partial charge >= 0.3 is 0 Å². The van der Waals surface area contributed by atoms with Crippen LogP contribution in [0.2, 0.25) is 0 Å². The van der Waals surface area contributed by atoms with Crippen molar-refractivity contribution >= 4 is 30.1 Å². The molecule has 6 heteroatoms. The van der Waals surface area contributed by atoms with Gasteiger partial charge < -0.3 is 10.6 Å². The highest BCUT2D eigenvalue weighted by atomic mass is 35.5. The van der Waals surface area contributed by atoms with E-state index in [0.717, 1.165) is 16.7 Å². The molecule has 3 N–H and O–H groups in total. The van der Waals surface area contributed by atoms with Crippen LogP contribution in [0.1, 0.15) is 35.7 Å². The summed E-state index contributed by atoms with van der Waals surface area (Å²) < 4.78 is 0. The zero-order valence-corrected chi connectivity index (χ0v) is 15.9. The van der Waals surface area contributed by atoms with Gasteiger partial charge in [0, 0.05) is 29.3 Å². The lowest BCUT2D eigenvalue weighted by atomic mass is 9.97. The smallest absolute Gasteiger partial charge is 0.254 e. The Bertz CT molecular complexity index is 885. The first kappa shape index (κ1) is 20.4. The summed E-state index contributed by atoms with van der Waals surface area (Å²) in [6.45, 7) is 2.51. The predicted octanol–water partition coefficient (Wildman–Crippen LogP) is 3.44. The number of nitrogens with one attached hydrogen (secondary N) is 1. The number of hydrogen-bond acceptors (Lipinski definition) is 3. The number of carbonyl (C=O) groups is 1. The molecule has 5 nitrogen and oxygen atoms in total. The fourth-order valence-electron chi connectivity index (χ4n) is 3.25. The molecule has 1 aliphatic rings. The Labute approximate surface area is 164 Å². The van der Waals surface area contributed by atoms with Crippen molar-refractivity contribution in [3.05, 3.63) is 65.2 Å². The second kappa shape index (κ2) is 8.67. The van der Waals surface area contributed by atoms with Gasteiger partial charge in [-0.2, -0.15) is 0 Å². The summed E-state index contributed by atoms with van der Waals surface area (Å²) in [6.07, 6.45) is 1.19. The molecule has 1 aliphatic heterocycles. The fourth-order valence-corrected chi connectivity index (χ4v) is 3.25. The van der Waals surface area contributed by atoms with Gasteiger partial charge in [0.05, 0.1) is 0 Å². The lowest BCUT2D eigenvalue weighted by Crippen LogP contribution is -2.42. The summed E-state index contributed by atoms with van der Waals surface area (Å²) in [5, 5.41) is 7.44. The number of piperidine rings is 1. The van der Waals surface area contributed by atoms with Gasteiger partial charge in [-0.05, 0) is 43.0 Å². The van der Waals surface area contributed by atoms with Gasteiger partial charge in [-0.25, -0.2) is 4.79 Å². The van der Waals surface area contributed by atoms with Crippen LogP contribution in [0.4, 0.5) is 0 Å². The molecule has 0 radical (unpaired) electrons. The summed E-state index contributed by atoms with van der Waals surface area (Å²) >= 11 is 0. The van der Waals surface area contributed by atoms with Gasteiger partial charge in [0.2, 0.25) is 0 Å². The van der Waals surface area contributed by atoms with Crippen molar-refractivity contribution in [2.24, 2.45) is 5.73 Å². The zero-order chi connectivity index (χ0) is 18.7. The van der Waals surface area contributed by atoms with E-state index < -0.39 is 0 Å². The Morgan fingerprint density at radius 1 is 1.07 bits per heavy atom. The number of nitrogens with two attached hydrogens (primary N) is 1. The van der Waals surface area contributed by atoms with E-state index in [1.807, 2.05) is 66.3 Å². The molecule has 27 heavy (non-hydrogen) atoms. The molecule has 1 saturated heterocycles. The third-order valence-corrected chi connectivity index (χ3v) is 4.79. The Morgan fingerprint density at radius 2 is 1.59 bits per heavy atom. The van der Waals surface area contributed by atoms with Crippen molar-refractivity contribution in [2.45, 2.75) is 25.8 Å². The second-order valence-electron chi connectivity index (χ2n) is 6.58. The Kier molecular flexibility index (Phi) is 6.56. The van der Waals surface area contributed by atoms with E-state index in [-0.39, 0.29) is 30.2 Å². The summed E-state index contributed by atoms with van der Waals surface area (Å²) in [7, 11) is 0. The van der Waals surface area contributed by atoms with Gasteiger partial charge in [-0.1, -0.05) is 36.4 Å². The number of rotatable bonds is 3. The van der Waals surface area contributed by atoms with E-state index >= 15 is 0 Å². The molecular formula is C21H22ClN3O2. The minimum Gasteiger partial charge on any atom is -0.384 e. The van der Waals surface area contributed by atoms with Crippen LogP contribution in [0, 0.1) is 5.41 Å². The number of nitrogen functional groups attached to an aromatic ring is 1. The molecule has 0 bridgehead atoms. The average molecular weight is 384 g/mol. The number of halogens is 1. The monoisotopic (exact) mass is 383 g/mol. The van der Waals surface area contributed by atoms with E-state index in [9.17, 15) is 9.59 Å². The first-order valence-electron chi connectivity index (χ1n) is 8.58. The maximum atomic E-state index is 12.8. The van der Waals surface area contributed by atoms with Crippen LogP contribution < -0.4 is 5.73 Å². The molecule has 0 aliphatic carbocycles. The van der Waals surface area contributed by atoms with Crippen LogP contribution in [0.3, 0.4) is 0 Å². The molecule has 1 heterocycles. The number of benzene rings is 2. The lowest BCUT2D eigenvalue weighted by Gasteiger charge is -2.33. The minimum atomic E-state index is -0.0130. The van der Waals surface area contributed by atoms with E-state index in [0.29, 0.717) is 30.5 Å². The van der Waals surface area contributed by atoms with Crippen molar-refractivity contribution in [1.29, 1.82) is 5.41 Å². The molecule has 1 atom stereocenters. The van der Waals surface area contributed by atoms with Crippen molar-refractivity contribution < 1.29 is 9.59 Å². The number of likely N-dealkylation sites (tertiary alicyclic amines) is 1. The van der Waals surface area contributed by atoms with Gasteiger partial charge in [0.1, 0.15) is 11.8 Å². The Balaban J connectivity index is 0.00000261. The van der Waals surface area contributed by atoms with Gasteiger partial charge in [0.15, 0.2) is 0 Å². The minimum absolute atomic E-state index is 0. The Hall–Kier alpha value is -2.88. The highest BCUT2D eigenvalue weighted by Gasteiger charge is 2.26. The summed E-state index contributed by atoms with van der Waals surface area (Å²) in [4.78, 5) is 25.4. The molecular weight excluding hydrogens is 362 g/mol. The number of carbonyl (C=O) groups excluding carboxylic acids is 2. The quantitative estimate of drug-likeness (QED) is 0.483. The van der Waals surface area contributed by atoms with Crippen molar-refractivity contribution in [3.63, 3.8) is 0 Å². The topological polar surface area (TPSA) is 87.2 Å². The third kappa shape index (κ3) is 4.45. The SMILES string of the molecule is CC1CC(=C=O)CCN1C(=O)c1ccc(-c2ccc(C(=N)N)cc2)cc1.Cl. The van der Waals surface area contributed by atoms with Crippen LogP contribution in [-0.4, -0.2) is 35.2 Å². The van der Waals surface area contributed by atoms with Crippen LogP contribution in [-0.2, 0) is 4.79 Å². The third-order valence-electron chi connectivity index (χ3n) is 4.79. The van der Waals surface area contributed by atoms with E-state index in [2.05, 4.69) is 0 Å². The zero-order valence-electron chi connectivity index (χ0n) is 15.1. The average Bonchev–Trinajstić information content (AvgIpc) is 2.67. The van der Waals surface area contributed by atoms with E-state index in [1.54, 1.807) is 0 Å². The number of amidine groups is 1. The molecule has 0 spiro atoms. The molecule has 140 valence electrons. The molecule has 2 aromatic rings. The first-order valence-corrected chi connectivity index (χ1v) is 8.58. The van der Waals surface area contributed by atoms with Crippen LogP contribution >= 0.6 is 12.4 Å². The standard InChI is InChI=1S/C21H21N3O2.ClH/c1-14-12-15(13-25)10-11-24(14)21(26)19-8-4-17(5-9-19)16-2-6-18(7-3-16)20(22)23;/h2-9,14H,10-12H2,1H3,(H3,22,23);1H. The van der Waals surface area contributed by atoms with Crippen LogP contribution in [0.15, 0.2) is 54.1 Å². The number of hydrogen-bond donors (Lipinski definition) is 2. The lowest BCUT2D eigenvalue weighted by molar-refractivity contribution is 0.0669. The molecule has 2 aromatic carbocycles. The van der Waals surface area contributed by atoms with Gasteiger partial charge in [-0.15, -0.1) is 12.4 Å². The molecule has 1 amide bonds. The first-order chi connectivity index (χ1) is 12.5. The number of nitrogens with zero attached hydrogens (tertiary/aromatic N) is 1. The summed E-state index contributed by atoms with van der Waals surface area (Å²) in [6, 6.07) is 14.9. The van der Waals surface area contributed by atoms with Crippen molar-refractivity contribution in [2.75, 3.05) is 6.54 Å². The van der Waals surface area contributed by atoms with Crippen LogP contribution in [0.5, 0.6) is 0 Å². The van der Waals surface area contributed by atoms with Gasteiger partial charge in [0.25, 0.3) is 5.91 Å². The molecule has 1 fully saturated rings. The maximum Gasteiger partial charge on any atom is 0.254 e. The van der Waals surface area contributed by atoms with E-state index in [1.165, 1.54) is 0 Å². The maximum absolute atomic E-state index is 12.8. The number of amides is 1. The predicted molar refractivity (Wildman–Crippen MR) is 109 cm³/mol. The second-order valence-corrected chi connectivity index (χ2v) is 6.58. The summed E-state index contributed by atoms with van der Waals surface area (Å²) in [5.41, 5.74) is 9.55. The molecule has 0 saturated carbocycles. The normalized spacial score (nSPS) is 16.3. The van der Waals surface area contributed by atoms with E-state index in [4.69, 9.17) is 11.1 Å². The molecule has 1 unspecified atom stereocenters. The molecule has 3 rings (SSSR count). The Morgan fingerprint density at radius 3 is 2.04 bits per heavy atom. The largest absolute Gasteiger partial charge is 0.384 e. The van der Waals surface area contributed by atoms with Crippen molar-refractivity contribution in [1.82, 2.24) is 4.90 Å². The van der Waals surface area contributed by atoms with Gasteiger partial charge in [-0.3, -0.25) is 10.2 Å². The van der Waals surface area contributed by atoms with Crippen molar-refractivity contribution in [3.8, 4) is 11.1 Å². The molecule has 0 aromatic heterocycles. The summed E-state index contributed by atoms with van der Waals surface area (Å²) in [5.74, 6) is 2.01.